The molecule has 2 saturated heterocycles. The SMILES string of the molecule is CC[NH+]1CCN(C(=O)C2CC[NH+](Cc3cc(Cl)ccc3O)CC2)CC1. The number of quaternary nitrogens is 2. The summed E-state index contributed by atoms with van der Waals surface area (Å²) >= 11 is 6.03. The molecule has 0 spiro atoms. The fourth-order valence-corrected chi connectivity index (χ4v) is 4.26. The van der Waals surface area contributed by atoms with Crippen LogP contribution >= 0.6 is 11.6 Å². The molecule has 0 aromatic heterocycles. The van der Waals surface area contributed by atoms with Crippen molar-refractivity contribution in [1.82, 2.24) is 4.90 Å². The summed E-state index contributed by atoms with van der Waals surface area (Å²) in [4.78, 5) is 17.9. The summed E-state index contributed by atoms with van der Waals surface area (Å²) in [5, 5.41) is 10.6. The van der Waals surface area contributed by atoms with E-state index in [1.807, 2.05) is 6.07 Å². The maximum absolute atomic E-state index is 12.8. The van der Waals surface area contributed by atoms with Crippen molar-refractivity contribution in [2.75, 3.05) is 45.8 Å². The second kappa shape index (κ2) is 8.39. The number of nitrogens with one attached hydrogen (secondary N) is 2. The number of carbonyl (C=O) groups excluding carboxylic acids is 1. The van der Waals surface area contributed by atoms with Crippen molar-refractivity contribution < 1.29 is 19.7 Å². The molecule has 0 aliphatic carbocycles. The van der Waals surface area contributed by atoms with E-state index in [0.29, 0.717) is 16.7 Å². The lowest BCUT2D eigenvalue weighted by atomic mass is 9.94. The minimum absolute atomic E-state index is 0.180. The molecule has 3 rings (SSSR count). The third-order valence-corrected chi connectivity index (χ3v) is 6.04. The number of piperazine rings is 1. The van der Waals surface area contributed by atoms with Gasteiger partial charge in [-0.25, -0.2) is 0 Å². The van der Waals surface area contributed by atoms with Crippen LogP contribution in [0.1, 0.15) is 25.3 Å². The number of likely N-dealkylation sites (tertiary alicyclic amines) is 1. The van der Waals surface area contributed by atoms with Gasteiger partial charge >= 0.3 is 0 Å². The van der Waals surface area contributed by atoms with E-state index in [1.54, 1.807) is 17.0 Å². The number of carbonyl (C=O) groups is 1. The van der Waals surface area contributed by atoms with Crippen molar-refractivity contribution >= 4 is 17.5 Å². The smallest absolute Gasteiger partial charge is 0.226 e. The zero-order valence-corrected chi connectivity index (χ0v) is 15.8. The normalized spacial score (nSPS) is 25.1. The molecule has 6 heteroatoms. The average Bonchev–Trinajstić information content (AvgIpc) is 2.65. The highest BCUT2D eigenvalue weighted by Gasteiger charge is 2.32. The van der Waals surface area contributed by atoms with Crippen LogP contribution in [0.2, 0.25) is 5.02 Å². The van der Waals surface area contributed by atoms with Gasteiger partial charge in [0.1, 0.15) is 12.3 Å². The Morgan fingerprint density at radius 3 is 2.52 bits per heavy atom. The Kier molecular flexibility index (Phi) is 6.20. The van der Waals surface area contributed by atoms with Gasteiger partial charge in [-0.2, -0.15) is 0 Å². The molecule has 0 unspecified atom stereocenters. The van der Waals surface area contributed by atoms with Crippen LogP contribution in [0.4, 0.5) is 0 Å². The van der Waals surface area contributed by atoms with Crippen LogP contribution in [0.15, 0.2) is 18.2 Å². The highest BCUT2D eigenvalue weighted by atomic mass is 35.5. The average molecular weight is 368 g/mol. The number of aromatic hydroxyl groups is 1. The van der Waals surface area contributed by atoms with E-state index in [1.165, 1.54) is 4.90 Å². The van der Waals surface area contributed by atoms with Crippen LogP contribution in [0, 0.1) is 5.92 Å². The van der Waals surface area contributed by atoms with Gasteiger partial charge in [-0.15, -0.1) is 0 Å². The Morgan fingerprint density at radius 1 is 1.20 bits per heavy atom. The summed E-state index contributed by atoms with van der Waals surface area (Å²) in [6.45, 7) is 10.1. The van der Waals surface area contributed by atoms with E-state index in [4.69, 9.17) is 11.6 Å². The molecule has 0 radical (unpaired) electrons. The number of rotatable bonds is 4. The second-order valence-corrected chi connectivity index (χ2v) is 7.84. The first-order valence-corrected chi connectivity index (χ1v) is 9.88. The summed E-state index contributed by atoms with van der Waals surface area (Å²) in [5.41, 5.74) is 0.894. The van der Waals surface area contributed by atoms with Gasteiger partial charge in [0, 0.05) is 29.3 Å². The number of nitrogens with zero attached hydrogens (tertiary/aromatic N) is 1. The van der Waals surface area contributed by atoms with Gasteiger partial charge in [0.15, 0.2) is 0 Å². The van der Waals surface area contributed by atoms with Crippen LogP contribution in [-0.4, -0.2) is 61.7 Å². The summed E-state index contributed by atoms with van der Waals surface area (Å²) in [5.74, 6) is 0.853. The maximum atomic E-state index is 12.8. The van der Waals surface area contributed by atoms with Crippen molar-refractivity contribution in [3.05, 3.63) is 28.8 Å². The Labute approximate surface area is 155 Å². The highest BCUT2D eigenvalue weighted by molar-refractivity contribution is 6.30. The predicted octanol–water partition coefficient (Wildman–Crippen LogP) is -0.412. The van der Waals surface area contributed by atoms with E-state index in [-0.39, 0.29) is 5.92 Å². The van der Waals surface area contributed by atoms with Gasteiger partial charge in [-0.05, 0) is 25.1 Å². The second-order valence-electron chi connectivity index (χ2n) is 7.40. The molecular formula is C19H30ClN3O2+2. The summed E-state index contributed by atoms with van der Waals surface area (Å²) in [6, 6.07) is 5.21. The Morgan fingerprint density at radius 2 is 1.88 bits per heavy atom. The molecule has 2 heterocycles. The molecule has 1 aromatic carbocycles. The summed E-state index contributed by atoms with van der Waals surface area (Å²) < 4.78 is 0. The minimum atomic E-state index is 0.180. The quantitative estimate of drug-likeness (QED) is 0.677. The molecule has 2 fully saturated rings. The number of amides is 1. The first-order valence-electron chi connectivity index (χ1n) is 9.50. The molecule has 0 atom stereocenters. The minimum Gasteiger partial charge on any atom is -0.507 e. The van der Waals surface area contributed by atoms with Crippen molar-refractivity contribution in [3.8, 4) is 5.75 Å². The lowest BCUT2D eigenvalue weighted by Gasteiger charge is -2.36. The van der Waals surface area contributed by atoms with Crippen LogP contribution < -0.4 is 9.80 Å². The molecule has 0 bridgehead atoms. The largest absolute Gasteiger partial charge is 0.507 e. The number of phenols is 1. The van der Waals surface area contributed by atoms with E-state index in [2.05, 4.69) is 11.8 Å². The Balaban J connectivity index is 1.48. The van der Waals surface area contributed by atoms with Crippen LogP contribution in [0.3, 0.4) is 0 Å². The van der Waals surface area contributed by atoms with Gasteiger partial charge in [0.05, 0.1) is 45.8 Å². The fraction of sp³-hybridized carbons (Fsp3) is 0.632. The van der Waals surface area contributed by atoms with Crippen molar-refractivity contribution in [3.63, 3.8) is 0 Å². The molecule has 0 saturated carbocycles. The number of hydrogen-bond acceptors (Lipinski definition) is 2. The predicted molar refractivity (Wildman–Crippen MR) is 98.1 cm³/mol. The van der Waals surface area contributed by atoms with Gasteiger partial charge in [-0.3, -0.25) is 4.79 Å². The van der Waals surface area contributed by atoms with Crippen LogP contribution in [-0.2, 0) is 11.3 Å². The van der Waals surface area contributed by atoms with Gasteiger partial charge in [0.2, 0.25) is 5.91 Å². The van der Waals surface area contributed by atoms with E-state index in [9.17, 15) is 9.90 Å². The zero-order valence-electron chi connectivity index (χ0n) is 15.1. The molecule has 2 aliphatic heterocycles. The van der Waals surface area contributed by atoms with E-state index >= 15 is 0 Å². The first-order chi connectivity index (χ1) is 12.1. The van der Waals surface area contributed by atoms with Crippen LogP contribution in [0.5, 0.6) is 5.75 Å². The molecule has 1 aromatic rings. The monoisotopic (exact) mass is 367 g/mol. The zero-order chi connectivity index (χ0) is 17.8. The van der Waals surface area contributed by atoms with Gasteiger partial charge < -0.3 is 19.8 Å². The molecule has 1 amide bonds. The number of benzene rings is 1. The van der Waals surface area contributed by atoms with Crippen molar-refractivity contribution in [2.45, 2.75) is 26.3 Å². The van der Waals surface area contributed by atoms with Crippen molar-refractivity contribution in [1.29, 1.82) is 0 Å². The lowest BCUT2D eigenvalue weighted by Crippen LogP contribution is -3.14. The Hall–Kier alpha value is -1.30. The maximum Gasteiger partial charge on any atom is 0.226 e. The number of likely N-dealkylation sites (N-methyl/N-ethyl adjacent to an activating group) is 1. The molecular weight excluding hydrogens is 338 g/mol. The highest BCUT2D eigenvalue weighted by Crippen LogP contribution is 2.21. The third kappa shape index (κ3) is 4.66. The molecule has 138 valence electrons. The Bertz CT molecular complexity index is 594. The van der Waals surface area contributed by atoms with Crippen LogP contribution in [0.25, 0.3) is 0 Å². The third-order valence-electron chi connectivity index (χ3n) is 5.81. The number of phenolic OH excluding ortho intramolecular Hbond substituents is 1. The summed E-state index contributed by atoms with van der Waals surface area (Å²) in [6.07, 6.45) is 1.88. The summed E-state index contributed by atoms with van der Waals surface area (Å²) in [7, 11) is 0. The molecule has 3 N–H and O–H groups in total. The standard InChI is InChI=1S/C19H28ClN3O2/c1-2-21-9-11-23(12-10-21)19(25)15-5-7-22(8-6-15)14-16-13-17(20)3-4-18(16)24/h3-4,13,15,24H,2,5-12,14H2,1H3/p+2. The number of hydrogen-bond donors (Lipinski definition) is 3. The number of halogens is 1. The van der Waals surface area contributed by atoms with Crippen molar-refractivity contribution in [2.24, 2.45) is 5.92 Å². The topological polar surface area (TPSA) is 49.4 Å². The molecule has 25 heavy (non-hydrogen) atoms. The lowest BCUT2D eigenvalue weighted by molar-refractivity contribution is -0.919. The van der Waals surface area contributed by atoms with Gasteiger partial charge in [0.25, 0.3) is 0 Å². The number of piperidine rings is 1. The molecule has 5 nitrogen and oxygen atoms in total. The molecule has 2 aliphatic rings. The van der Waals surface area contributed by atoms with Gasteiger partial charge in [-0.1, -0.05) is 11.6 Å². The van der Waals surface area contributed by atoms with E-state index < -0.39 is 0 Å². The fourth-order valence-electron chi connectivity index (χ4n) is 4.07. The first kappa shape index (κ1) is 18.5. The van der Waals surface area contributed by atoms with E-state index in [0.717, 1.165) is 70.8 Å².